The van der Waals surface area contributed by atoms with Gasteiger partial charge in [-0.2, -0.15) is 5.10 Å². The van der Waals surface area contributed by atoms with E-state index in [1.165, 1.54) is 0 Å². The number of benzene rings is 1. The van der Waals surface area contributed by atoms with Gasteiger partial charge in [-0.25, -0.2) is 4.68 Å². The summed E-state index contributed by atoms with van der Waals surface area (Å²) < 4.78 is 8.17. The third-order valence-electron chi connectivity index (χ3n) is 3.81. The van der Waals surface area contributed by atoms with Gasteiger partial charge in [0.2, 0.25) is 4.77 Å². The van der Waals surface area contributed by atoms with Gasteiger partial charge >= 0.3 is 0 Å². The third-order valence-corrected chi connectivity index (χ3v) is 4.08. The van der Waals surface area contributed by atoms with Gasteiger partial charge in [0, 0.05) is 12.0 Å². The Morgan fingerprint density at radius 1 is 1.29 bits per heavy atom. The fourth-order valence-electron chi connectivity index (χ4n) is 2.44. The lowest BCUT2D eigenvalue weighted by Gasteiger charge is -2.07. The van der Waals surface area contributed by atoms with Gasteiger partial charge in [-0.05, 0) is 36.8 Å². The first kappa shape index (κ1) is 16.5. The number of aromatic nitrogens is 3. The van der Waals surface area contributed by atoms with Crippen molar-refractivity contribution in [3.63, 3.8) is 0 Å². The first-order chi connectivity index (χ1) is 11.6. The molecule has 0 radical (unpaired) electrons. The number of nitrogens with zero attached hydrogens (tertiary/aromatic N) is 2. The number of rotatable bonds is 6. The molecule has 0 fully saturated rings. The molecule has 1 aromatic carbocycles. The smallest absolute Gasteiger partial charge is 0.214 e. The quantitative estimate of drug-likeness (QED) is 0.596. The number of hydrogen-bond acceptors (Lipinski definition) is 5. The van der Waals surface area contributed by atoms with Crippen molar-refractivity contribution in [2.75, 3.05) is 5.43 Å². The van der Waals surface area contributed by atoms with Gasteiger partial charge in [0.15, 0.2) is 5.82 Å². The van der Waals surface area contributed by atoms with Crippen LogP contribution in [0.3, 0.4) is 0 Å². The number of aromatic amines is 1. The standard InChI is InChI=1S/C17H20N4O2S/c1-3-16-19-20-17(24)21(16)18-10-14-8-9-15(23-14)13-6-4-12(5-7-13)11(2)22/h4-9,11,18,22H,3,10H2,1-2H3,(H,20,24)/t11-/m1/s1. The number of aliphatic hydroxyl groups is 1. The van der Waals surface area contributed by atoms with Gasteiger partial charge in [-0.15, -0.1) is 0 Å². The minimum Gasteiger partial charge on any atom is -0.459 e. The molecule has 0 aliphatic heterocycles. The van der Waals surface area contributed by atoms with Crippen LogP contribution in [0.4, 0.5) is 0 Å². The highest BCUT2D eigenvalue weighted by Crippen LogP contribution is 2.24. The number of nitrogens with one attached hydrogen (secondary N) is 2. The van der Waals surface area contributed by atoms with Crippen molar-refractivity contribution in [1.82, 2.24) is 14.9 Å². The topological polar surface area (TPSA) is 79.0 Å². The SMILES string of the molecule is CCc1n[nH]c(=S)n1NCc1ccc(-c2ccc([C@@H](C)O)cc2)o1. The molecule has 2 heterocycles. The number of aryl methyl sites for hydroxylation is 1. The molecule has 126 valence electrons. The molecule has 0 spiro atoms. The number of furan rings is 1. The normalized spacial score (nSPS) is 12.3. The van der Waals surface area contributed by atoms with Crippen molar-refractivity contribution in [2.24, 2.45) is 0 Å². The van der Waals surface area contributed by atoms with Gasteiger partial charge in [-0.1, -0.05) is 31.2 Å². The predicted molar refractivity (Wildman–Crippen MR) is 94.6 cm³/mol. The predicted octanol–water partition coefficient (Wildman–Crippen LogP) is 3.56. The van der Waals surface area contributed by atoms with E-state index in [1.54, 1.807) is 11.6 Å². The average molecular weight is 344 g/mol. The molecule has 0 amide bonds. The van der Waals surface area contributed by atoms with E-state index in [-0.39, 0.29) is 0 Å². The molecule has 0 aliphatic carbocycles. The molecule has 0 bridgehead atoms. The van der Waals surface area contributed by atoms with Crippen LogP contribution in [0.2, 0.25) is 0 Å². The first-order valence-electron chi connectivity index (χ1n) is 7.85. The lowest BCUT2D eigenvalue weighted by atomic mass is 10.1. The largest absolute Gasteiger partial charge is 0.459 e. The second-order valence-electron chi connectivity index (χ2n) is 5.53. The van der Waals surface area contributed by atoms with Crippen molar-refractivity contribution in [3.05, 3.63) is 58.3 Å². The molecular weight excluding hydrogens is 324 g/mol. The number of H-pyrrole nitrogens is 1. The number of hydrogen-bond donors (Lipinski definition) is 3. The van der Waals surface area contributed by atoms with Gasteiger partial charge < -0.3 is 14.9 Å². The summed E-state index contributed by atoms with van der Waals surface area (Å²) in [6.07, 6.45) is 0.307. The molecule has 3 rings (SSSR count). The summed E-state index contributed by atoms with van der Waals surface area (Å²) in [4.78, 5) is 0. The van der Waals surface area contributed by atoms with Gasteiger partial charge in [-0.3, -0.25) is 5.10 Å². The second-order valence-corrected chi connectivity index (χ2v) is 5.92. The summed E-state index contributed by atoms with van der Waals surface area (Å²) >= 11 is 5.20. The Morgan fingerprint density at radius 2 is 2.04 bits per heavy atom. The Bertz CT molecular complexity index is 861. The van der Waals surface area contributed by atoms with Crippen LogP contribution in [-0.4, -0.2) is 20.0 Å². The van der Waals surface area contributed by atoms with E-state index in [0.717, 1.165) is 34.9 Å². The van der Waals surface area contributed by atoms with Crippen molar-refractivity contribution < 1.29 is 9.52 Å². The van der Waals surface area contributed by atoms with E-state index in [4.69, 9.17) is 16.6 Å². The van der Waals surface area contributed by atoms with Crippen molar-refractivity contribution >= 4 is 12.2 Å². The summed E-state index contributed by atoms with van der Waals surface area (Å²) in [6, 6.07) is 11.6. The van der Waals surface area contributed by atoms with E-state index in [9.17, 15) is 5.11 Å². The molecule has 6 nitrogen and oxygen atoms in total. The monoisotopic (exact) mass is 344 g/mol. The molecule has 0 aliphatic rings. The molecular formula is C17H20N4O2S. The van der Waals surface area contributed by atoms with E-state index in [2.05, 4.69) is 15.6 Å². The molecule has 1 atom stereocenters. The molecule has 0 unspecified atom stereocenters. The second kappa shape index (κ2) is 7.02. The lowest BCUT2D eigenvalue weighted by Crippen LogP contribution is -2.16. The Hall–Kier alpha value is -2.38. The van der Waals surface area contributed by atoms with Gasteiger partial charge in [0.25, 0.3) is 0 Å². The maximum absolute atomic E-state index is 9.56. The van der Waals surface area contributed by atoms with Crippen LogP contribution in [0.15, 0.2) is 40.8 Å². The molecule has 0 saturated carbocycles. The Labute approximate surface area is 145 Å². The molecule has 3 N–H and O–H groups in total. The summed E-state index contributed by atoms with van der Waals surface area (Å²) in [6.45, 7) is 4.27. The van der Waals surface area contributed by atoms with Gasteiger partial charge in [0.1, 0.15) is 11.5 Å². The fourth-order valence-corrected chi connectivity index (χ4v) is 2.66. The van der Waals surface area contributed by atoms with E-state index >= 15 is 0 Å². The minimum atomic E-state index is -0.470. The Kier molecular flexibility index (Phi) is 4.82. The molecule has 2 aromatic heterocycles. The van der Waals surface area contributed by atoms with E-state index in [1.807, 2.05) is 43.3 Å². The van der Waals surface area contributed by atoms with E-state index < -0.39 is 6.10 Å². The summed E-state index contributed by atoms with van der Waals surface area (Å²) in [5.74, 6) is 2.44. The van der Waals surface area contributed by atoms with Crippen molar-refractivity contribution in [1.29, 1.82) is 0 Å². The fraction of sp³-hybridized carbons (Fsp3) is 0.294. The van der Waals surface area contributed by atoms with Crippen LogP contribution in [0.25, 0.3) is 11.3 Å². The highest BCUT2D eigenvalue weighted by molar-refractivity contribution is 7.71. The van der Waals surface area contributed by atoms with Gasteiger partial charge in [0.05, 0.1) is 12.6 Å². The maximum atomic E-state index is 9.56. The van der Waals surface area contributed by atoms with Crippen molar-refractivity contribution in [3.8, 4) is 11.3 Å². The van der Waals surface area contributed by atoms with E-state index in [0.29, 0.717) is 11.3 Å². The highest BCUT2D eigenvalue weighted by atomic mass is 32.1. The van der Waals surface area contributed by atoms with Crippen LogP contribution in [0.1, 0.15) is 37.1 Å². The molecule has 3 aromatic rings. The summed E-state index contributed by atoms with van der Waals surface area (Å²) in [5.41, 5.74) is 5.06. The first-order valence-corrected chi connectivity index (χ1v) is 8.26. The number of aliphatic hydroxyl groups excluding tert-OH is 1. The Morgan fingerprint density at radius 3 is 2.71 bits per heavy atom. The van der Waals surface area contributed by atoms with Crippen LogP contribution >= 0.6 is 12.2 Å². The molecule has 7 heteroatoms. The minimum absolute atomic E-state index is 0.470. The third kappa shape index (κ3) is 3.42. The zero-order valence-electron chi connectivity index (χ0n) is 13.6. The zero-order valence-corrected chi connectivity index (χ0v) is 14.4. The Balaban J connectivity index is 1.71. The highest BCUT2D eigenvalue weighted by Gasteiger charge is 2.08. The maximum Gasteiger partial charge on any atom is 0.214 e. The van der Waals surface area contributed by atoms with Crippen LogP contribution < -0.4 is 5.43 Å². The average Bonchev–Trinajstić information content (AvgIpc) is 3.19. The van der Waals surface area contributed by atoms with Crippen LogP contribution in [0, 0.1) is 4.77 Å². The molecule has 0 saturated heterocycles. The molecule has 24 heavy (non-hydrogen) atoms. The van der Waals surface area contributed by atoms with Crippen LogP contribution in [0.5, 0.6) is 0 Å². The zero-order chi connectivity index (χ0) is 17.1. The summed E-state index contributed by atoms with van der Waals surface area (Å²) in [7, 11) is 0. The van der Waals surface area contributed by atoms with Crippen LogP contribution in [-0.2, 0) is 13.0 Å². The lowest BCUT2D eigenvalue weighted by molar-refractivity contribution is 0.199. The summed E-state index contributed by atoms with van der Waals surface area (Å²) in [5, 5.41) is 16.5. The van der Waals surface area contributed by atoms with Crippen molar-refractivity contribution in [2.45, 2.75) is 32.9 Å².